The highest BCUT2D eigenvalue weighted by Crippen LogP contribution is 2.45. The number of nitrogens with zero attached hydrogens (tertiary/aromatic N) is 3. The molecule has 0 aliphatic heterocycles. The molecule has 3 aromatic heterocycles. The van der Waals surface area contributed by atoms with E-state index < -0.39 is 0 Å². The van der Waals surface area contributed by atoms with Crippen LogP contribution in [0.5, 0.6) is 0 Å². The number of furan rings is 1. The Balaban J connectivity index is 1.06. The first kappa shape index (κ1) is 32.5. The van der Waals surface area contributed by atoms with Crippen LogP contribution in [-0.4, -0.2) is 15.0 Å². The average molecular weight is 736 g/mol. The Labute approximate surface area is 328 Å². The SMILES string of the molecule is C1=C(c2cc3sc4ccccc4c3cc2-c2ccccc2)CCc2oc3cccc(-c4cccc(-c5nc(-c6ccccc6)nc(-c6ccccc6)n5)c4)c3c21. The van der Waals surface area contributed by atoms with Gasteiger partial charge < -0.3 is 4.42 Å². The molecule has 5 heteroatoms. The first-order chi connectivity index (χ1) is 27.7. The number of aryl methyl sites for hydroxylation is 1. The van der Waals surface area contributed by atoms with Gasteiger partial charge in [-0.15, -0.1) is 11.3 Å². The maximum atomic E-state index is 6.63. The summed E-state index contributed by atoms with van der Waals surface area (Å²) < 4.78 is 9.26. The van der Waals surface area contributed by atoms with Gasteiger partial charge in [0, 0.05) is 54.2 Å². The van der Waals surface area contributed by atoms with Crippen molar-refractivity contribution in [3.05, 3.63) is 187 Å². The zero-order valence-corrected chi connectivity index (χ0v) is 31.1. The Hall–Kier alpha value is -6.95. The van der Waals surface area contributed by atoms with Gasteiger partial charge in [-0.3, -0.25) is 0 Å². The minimum Gasteiger partial charge on any atom is -0.460 e. The van der Waals surface area contributed by atoms with Crippen molar-refractivity contribution in [2.75, 3.05) is 0 Å². The Bertz CT molecular complexity index is 3070. The molecule has 1 aliphatic carbocycles. The van der Waals surface area contributed by atoms with Crippen molar-refractivity contribution in [3.63, 3.8) is 0 Å². The van der Waals surface area contributed by atoms with Crippen LogP contribution in [0.15, 0.2) is 174 Å². The number of hydrogen-bond donors (Lipinski definition) is 0. The van der Waals surface area contributed by atoms with E-state index in [1.165, 1.54) is 42.4 Å². The Morgan fingerprint density at radius 3 is 1.77 bits per heavy atom. The first-order valence-corrected chi connectivity index (χ1v) is 19.8. The summed E-state index contributed by atoms with van der Waals surface area (Å²) in [6, 6.07) is 59.6. The van der Waals surface area contributed by atoms with Crippen molar-refractivity contribution in [2.45, 2.75) is 12.8 Å². The fourth-order valence-corrected chi connectivity index (χ4v) is 9.29. The number of rotatable bonds is 6. The lowest BCUT2D eigenvalue weighted by Gasteiger charge is -2.18. The van der Waals surface area contributed by atoms with E-state index in [1.54, 1.807) is 0 Å². The second-order valence-electron chi connectivity index (χ2n) is 14.3. The molecule has 0 radical (unpaired) electrons. The minimum absolute atomic E-state index is 0.633. The second-order valence-corrected chi connectivity index (χ2v) is 15.3. The molecule has 0 spiro atoms. The molecule has 11 rings (SSSR count). The van der Waals surface area contributed by atoms with E-state index in [4.69, 9.17) is 19.4 Å². The molecular formula is C51H33N3OS. The van der Waals surface area contributed by atoms with Crippen molar-refractivity contribution < 1.29 is 4.42 Å². The van der Waals surface area contributed by atoms with Gasteiger partial charge in [-0.1, -0.05) is 140 Å². The maximum Gasteiger partial charge on any atom is 0.164 e. The lowest BCUT2D eigenvalue weighted by atomic mass is 9.85. The van der Waals surface area contributed by atoms with Crippen molar-refractivity contribution in [3.8, 4) is 56.4 Å². The van der Waals surface area contributed by atoms with Crippen LogP contribution in [0.4, 0.5) is 0 Å². The number of hydrogen-bond acceptors (Lipinski definition) is 5. The maximum absolute atomic E-state index is 6.63. The third-order valence-electron chi connectivity index (χ3n) is 10.8. The lowest BCUT2D eigenvalue weighted by molar-refractivity contribution is 0.548. The minimum atomic E-state index is 0.633. The molecule has 7 aromatic carbocycles. The molecule has 0 amide bonds. The van der Waals surface area contributed by atoms with Crippen LogP contribution in [0.3, 0.4) is 0 Å². The molecule has 10 aromatic rings. The molecule has 0 unspecified atom stereocenters. The Kier molecular flexibility index (Phi) is 7.78. The molecule has 0 saturated heterocycles. The highest BCUT2D eigenvalue weighted by atomic mass is 32.1. The number of thiophene rings is 1. The summed E-state index contributed by atoms with van der Waals surface area (Å²) in [5.41, 5.74) is 12.2. The summed E-state index contributed by atoms with van der Waals surface area (Å²) in [7, 11) is 0. The fourth-order valence-electron chi connectivity index (χ4n) is 8.16. The van der Waals surface area contributed by atoms with E-state index in [1.807, 2.05) is 72.0 Å². The molecule has 3 heterocycles. The predicted octanol–water partition coefficient (Wildman–Crippen LogP) is 13.8. The molecule has 0 saturated carbocycles. The zero-order valence-electron chi connectivity index (χ0n) is 30.3. The molecule has 1 aliphatic rings. The highest BCUT2D eigenvalue weighted by Gasteiger charge is 2.24. The third-order valence-corrected chi connectivity index (χ3v) is 12.0. The topological polar surface area (TPSA) is 51.8 Å². The normalized spacial score (nSPS) is 12.6. The van der Waals surface area contributed by atoms with Gasteiger partial charge in [-0.25, -0.2) is 15.0 Å². The van der Waals surface area contributed by atoms with Gasteiger partial charge in [0.1, 0.15) is 11.3 Å². The lowest BCUT2D eigenvalue weighted by Crippen LogP contribution is -2.00. The van der Waals surface area contributed by atoms with Crippen LogP contribution in [-0.2, 0) is 6.42 Å². The number of benzene rings is 7. The summed E-state index contributed by atoms with van der Waals surface area (Å²) in [5, 5.41) is 3.76. The molecule has 264 valence electrons. The second kappa shape index (κ2) is 13.4. The van der Waals surface area contributed by atoms with Crippen LogP contribution < -0.4 is 0 Å². The highest BCUT2D eigenvalue weighted by molar-refractivity contribution is 7.25. The standard InChI is InChI=1S/C51H33N3OS/c1-4-14-32(15-5-1)40-30-42-39-22-10-11-25-46(39)56-47(42)31-41(40)36-26-27-44-43(29-36)48-38(23-13-24-45(48)55-44)35-20-12-21-37(28-35)51-53-49(33-16-6-2-7-17-33)52-50(54-51)34-18-8-3-9-19-34/h1-25,28-31H,26-27H2. The molecule has 0 bridgehead atoms. The van der Waals surface area contributed by atoms with Crippen LogP contribution in [0, 0.1) is 0 Å². The molecule has 0 N–H and O–H groups in total. The summed E-state index contributed by atoms with van der Waals surface area (Å²) in [4.78, 5) is 14.9. The van der Waals surface area contributed by atoms with Crippen LogP contribution in [0.25, 0.3) is 99.2 Å². The monoisotopic (exact) mass is 735 g/mol. The Morgan fingerprint density at radius 1 is 0.429 bits per heavy atom. The van der Waals surface area contributed by atoms with Gasteiger partial charge in [-0.2, -0.15) is 0 Å². The summed E-state index contributed by atoms with van der Waals surface area (Å²) in [6.45, 7) is 0. The van der Waals surface area contributed by atoms with E-state index in [0.717, 1.165) is 63.0 Å². The average Bonchev–Trinajstić information content (AvgIpc) is 3.84. The van der Waals surface area contributed by atoms with E-state index in [2.05, 4.69) is 115 Å². The van der Waals surface area contributed by atoms with Crippen molar-refractivity contribution in [1.29, 1.82) is 0 Å². The largest absolute Gasteiger partial charge is 0.460 e. The Morgan fingerprint density at radius 2 is 1.04 bits per heavy atom. The van der Waals surface area contributed by atoms with Crippen molar-refractivity contribution >= 4 is 54.1 Å². The van der Waals surface area contributed by atoms with Gasteiger partial charge in [0.05, 0.1) is 0 Å². The van der Waals surface area contributed by atoms with Crippen LogP contribution in [0.2, 0.25) is 0 Å². The van der Waals surface area contributed by atoms with Crippen molar-refractivity contribution in [2.24, 2.45) is 0 Å². The van der Waals surface area contributed by atoms with Crippen molar-refractivity contribution in [1.82, 2.24) is 15.0 Å². The molecule has 0 atom stereocenters. The van der Waals surface area contributed by atoms with Crippen LogP contribution in [0.1, 0.15) is 23.3 Å². The predicted molar refractivity (Wildman–Crippen MR) is 232 cm³/mol. The summed E-state index contributed by atoms with van der Waals surface area (Å²) in [5.74, 6) is 2.96. The fraction of sp³-hybridized carbons (Fsp3) is 0.0392. The number of allylic oxidation sites excluding steroid dienone is 1. The number of aromatic nitrogens is 3. The molecule has 4 nitrogen and oxygen atoms in total. The van der Waals surface area contributed by atoms with Gasteiger partial charge in [0.2, 0.25) is 0 Å². The van der Waals surface area contributed by atoms with Gasteiger partial charge >= 0.3 is 0 Å². The van der Waals surface area contributed by atoms with E-state index in [9.17, 15) is 0 Å². The summed E-state index contributed by atoms with van der Waals surface area (Å²) >= 11 is 1.87. The molecular weight excluding hydrogens is 703 g/mol. The molecule has 0 fully saturated rings. The van der Waals surface area contributed by atoms with E-state index in [-0.39, 0.29) is 0 Å². The third kappa shape index (κ3) is 5.64. The van der Waals surface area contributed by atoms with Crippen LogP contribution >= 0.6 is 11.3 Å². The van der Waals surface area contributed by atoms with Gasteiger partial charge in [-0.05, 0) is 76.2 Å². The smallest absolute Gasteiger partial charge is 0.164 e. The molecule has 56 heavy (non-hydrogen) atoms. The van der Waals surface area contributed by atoms with Gasteiger partial charge in [0.15, 0.2) is 17.5 Å². The quantitative estimate of drug-likeness (QED) is 0.171. The summed E-state index contributed by atoms with van der Waals surface area (Å²) in [6.07, 6.45) is 4.13. The van der Waals surface area contributed by atoms with E-state index >= 15 is 0 Å². The number of fused-ring (bicyclic) bond motifs is 6. The van der Waals surface area contributed by atoms with E-state index in [0.29, 0.717) is 17.5 Å². The van der Waals surface area contributed by atoms with Gasteiger partial charge in [0.25, 0.3) is 0 Å². The zero-order chi connectivity index (χ0) is 37.0. The first-order valence-electron chi connectivity index (χ1n) is 19.0.